The summed E-state index contributed by atoms with van der Waals surface area (Å²) < 4.78 is 11.1. The molecule has 2 unspecified atom stereocenters. The maximum Gasteiger partial charge on any atom is 0.224 e. The van der Waals surface area contributed by atoms with Gasteiger partial charge in [-0.25, -0.2) is 0 Å². The van der Waals surface area contributed by atoms with Gasteiger partial charge in [0.2, 0.25) is 5.91 Å². The van der Waals surface area contributed by atoms with Crippen LogP contribution in [-0.4, -0.2) is 37.1 Å². The molecule has 1 aliphatic heterocycles. The molecule has 1 saturated heterocycles. The van der Waals surface area contributed by atoms with Gasteiger partial charge in [0.05, 0.1) is 6.61 Å². The molecule has 0 aromatic carbocycles. The minimum Gasteiger partial charge on any atom is -0.452 e. The third-order valence-corrected chi connectivity index (χ3v) is 3.32. The molecular weight excluding hydrogens is 288 g/mol. The van der Waals surface area contributed by atoms with Gasteiger partial charge < -0.3 is 19.8 Å². The largest absolute Gasteiger partial charge is 0.452 e. The summed E-state index contributed by atoms with van der Waals surface area (Å²) in [6.45, 7) is 1.03. The van der Waals surface area contributed by atoms with Gasteiger partial charge in [0.25, 0.3) is 0 Å². The van der Waals surface area contributed by atoms with E-state index in [1.165, 1.54) is 0 Å². The molecule has 2 atom stereocenters. The lowest BCUT2D eigenvalue weighted by Gasteiger charge is -2.24. The Labute approximate surface area is 108 Å². The Bertz CT molecular complexity index is 407. The monoisotopic (exact) mass is 302 g/mol. The van der Waals surface area contributed by atoms with Crippen LogP contribution < -0.4 is 5.73 Å². The number of halogens is 1. The number of methoxy groups -OCH3 is 1. The molecule has 2 N–H and O–H groups in total. The highest BCUT2D eigenvalue weighted by Gasteiger charge is 2.40. The van der Waals surface area contributed by atoms with Crippen LogP contribution in [0.15, 0.2) is 21.2 Å². The summed E-state index contributed by atoms with van der Waals surface area (Å²) >= 11 is 3.25. The highest BCUT2D eigenvalue weighted by atomic mass is 79.9. The minimum atomic E-state index is -0.225. The molecule has 1 aliphatic rings. The second-order valence-corrected chi connectivity index (χ2v) is 4.82. The van der Waals surface area contributed by atoms with Crippen LogP contribution in [0.1, 0.15) is 18.2 Å². The van der Waals surface area contributed by atoms with E-state index in [0.29, 0.717) is 30.0 Å². The quantitative estimate of drug-likeness (QED) is 0.910. The van der Waals surface area contributed by atoms with E-state index in [4.69, 9.17) is 14.9 Å². The van der Waals surface area contributed by atoms with Crippen molar-refractivity contribution in [2.24, 2.45) is 5.73 Å². The predicted octanol–water partition coefficient (Wildman–Crippen LogP) is 1.29. The number of carbonyl (C=O) groups is 1. The van der Waals surface area contributed by atoms with Crippen molar-refractivity contribution in [2.45, 2.75) is 18.5 Å². The molecule has 1 fully saturated rings. The highest BCUT2D eigenvalue weighted by Crippen LogP contribution is 2.33. The fourth-order valence-electron chi connectivity index (χ4n) is 2.12. The standard InChI is InChI=1S/C11H15BrN2O3/c1-16-5-4-14-10(15)6-7(13)11(14)8-2-3-9(12)17-8/h2-3,7,11H,4-6,13H2,1H3. The Balaban J connectivity index is 2.19. The van der Waals surface area contributed by atoms with Gasteiger partial charge >= 0.3 is 0 Å². The topological polar surface area (TPSA) is 68.7 Å². The van der Waals surface area contributed by atoms with E-state index in [1.807, 2.05) is 6.07 Å². The molecule has 6 heteroatoms. The van der Waals surface area contributed by atoms with Gasteiger partial charge in [-0.1, -0.05) is 0 Å². The number of nitrogens with zero attached hydrogens (tertiary/aromatic N) is 1. The Hall–Kier alpha value is -0.850. The number of hydrogen-bond acceptors (Lipinski definition) is 4. The number of ether oxygens (including phenoxy) is 1. The number of nitrogens with two attached hydrogens (primary N) is 1. The summed E-state index contributed by atoms with van der Waals surface area (Å²) in [7, 11) is 1.61. The van der Waals surface area contributed by atoms with Crippen molar-refractivity contribution in [1.82, 2.24) is 4.90 Å². The van der Waals surface area contributed by atoms with Crippen LogP contribution in [0.2, 0.25) is 0 Å². The molecule has 17 heavy (non-hydrogen) atoms. The average molecular weight is 303 g/mol. The van der Waals surface area contributed by atoms with Crippen LogP contribution in [0, 0.1) is 0 Å². The fraction of sp³-hybridized carbons (Fsp3) is 0.545. The molecule has 5 nitrogen and oxygen atoms in total. The van der Waals surface area contributed by atoms with Crippen molar-refractivity contribution >= 4 is 21.8 Å². The zero-order valence-electron chi connectivity index (χ0n) is 9.56. The molecule has 0 radical (unpaired) electrons. The smallest absolute Gasteiger partial charge is 0.224 e. The normalized spacial score (nSPS) is 24.6. The number of rotatable bonds is 4. The van der Waals surface area contributed by atoms with E-state index in [9.17, 15) is 4.79 Å². The van der Waals surface area contributed by atoms with Gasteiger partial charge in [-0.15, -0.1) is 0 Å². The van der Waals surface area contributed by atoms with Crippen LogP contribution in [0.5, 0.6) is 0 Å². The first-order valence-corrected chi connectivity index (χ1v) is 6.22. The number of amides is 1. The second kappa shape index (κ2) is 5.20. The molecule has 0 bridgehead atoms. The van der Waals surface area contributed by atoms with Gasteiger partial charge in [-0.2, -0.15) is 0 Å². The zero-order chi connectivity index (χ0) is 12.4. The first kappa shape index (κ1) is 12.6. The van der Waals surface area contributed by atoms with Gasteiger partial charge in [-0.3, -0.25) is 4.79 Å². The van der Waals surface area contributed by atoms with Gasteiger partial charge in [0, 0.05) is 26.1 Å². The van der Waals surface area contributed by atoms with E-state index in [-0.39, 0.29) is 18.0 Å². The number of hydrogen-bond donors (Lipinski definition) is 1. The molecule has 1 aromatic heterocycles. The molecule has 0 aliphatic carbocycles. The van der Waals surface area contributed by atoms with Gasteiger partial charge in [0.1, 0.15) is 11.8 Å². The van der Waals surface area contributed by atoms with Crippen LogP contribution in [-0.2, 0) is 9.53 Å². The number of carbonyl (C=O) groups excluding carboxylic acids is 1. The SMILES string of the molecule is COCCN1C(=O)CC(N)C1c1ccc(Br)o1. The molecular formula is C11H15BrN2O3. The van der Waals surface area contributed by atoms with Crippen molar-refractivity contribution in [3.8, 4) is 0 Å². The van der Waals surface area contributed by atoms with Crippen LogP contribution in [0.4, 0.5) is 0 Å². The fourth-order valence-corrected chi connectivity index (χ4v) is 2.44. The molecule has 2 heterocycles. The number of likely N-dealkylation sites (tertiary alicyclic amines) is 1. The van der Waals surface area contributed by atoms with E-state index in [0.717, 1.165) is 0 Å². The lowest BCUT2D eigenvalue weighted by atomic mass is 10.1. The zero-order valence-corrected chi connectivity index (χ0v) is 11.1. The van der Waals surface area contributed by atoms with Crippen molar-refractivity contribution in [3.05, 3.63) is 22.6 Å². The Morgan fingerprint density at radius 1 is 1.65 bits per heavy atom. The van der Waals surface area contributed by atoms with E-state index in [1.54, 1.807) is 18.1 Å². The Kier molecular flexibility index (Phi) is 3.86. The lowest BCUT2D eigenvalue weighted by molar-refractivity contribution is -0.129. The summed E-state index contributed by atoms with van der Waals surface area (Å²) in [5.74, 6) is 0.762. The van der Waals surface area contributed by atoms with Crippen molar-refractivity contribution in [3.63, 3.8) is 0 Å². The molecule has 0 saturated carbocycles. The maximum atomic E-state index is 11.8. The van der Waals surface area contributed by atoms with E-state index in [2.05, 4.69) is 15.9 Å². The first-order valence-electron chi connectivity index (χ1n) is 5.42. The molecule has 1 amide bonds. The van der Waals surface area contributed by atoms with Crippen LogP contribution in [0.25, 0.3) is 0 Å². The van der Waals surface area contributed by atoms with Crippen molar-refractivity contribution in [2.75, 3.05) is 20.3 Å². The molecule has 0 spiro atoms. The molecule has 2 rings (SSSR count). The third kappa shape index (κ3) is 2.53. The van der Waals surface area contributed by atoms with Crippen LogP contribution >= 0.6 is 15.9 Å². The molecule has 1 aromatic rings. The summed E-state index contributed by atoms with van der Waals surface area (Å²) in [5, 5.41) is 0. The van der Waals surface area contributed by atoms with Gasteiger partial charge in [-0.05, 0) is 28.1 Å². The summed E-state index contributed by atoms with van der Waals surface area (Å²) in [6, 6.07) is 3.23. The summed E-state index contributed by atoms with van der Waals surface area (Å²) in [4.78, 5) is 13.5. The predicted molar refractivity (Wildman–Crippen MR) is 65.3 cm³/mol. The second-order valence-electron chi connectivity index (χ2n) is 4.03. The summed E-state index contributed by atoms with van der Waals surface area (Å²) in [6.07, 6.45) is 0.354. The number of furan rings is 1. The molecule has 94 valence electrons. The third-order valence-electron chi connectivity index (χ3n) is 2.89. The van der Waals surface area contributed by atoms with Crippen LogP contribution in [0.3, 0.4) is 0 Å². The Morgan fingerprint density at radius 2 is 2.41 bits per heavy atom. The van der Waals surface area contributed by atoms with E-state index < -0.39 is 0 Å². The Morgan fingerprint density at radius 3 is 3.00 bits per heavy atom. The average Bonchev–Trinajstić information content (AvgIpc) is 2.80. The summed E-state index contributed by atoms with van der Waals surface area (Å²) in [5.41, 5.74) is 5.99. The lowest BCUT2D eigenvalue weighted by Crippen LogP contribution is -2.34. The van der Waals surface area contributed by atoms with Gasteiger partial charge in [0.15, 0.2) is 4.67 Å². The van der Waals surface area contributed by atoms with Crippen molar-refractivity contribution < 1.29 is 13.9 Å². The van der Waals surface area contributed by atoms with E-state index >= 15 is 0 Å². The maximum absolute atomic E-state index is 11.8. The van der Waals surface area contributed by atoms with Crippen molar-refractivity contribution in [1.29, 1.82) is 0 Å². The minimum absolute atomic E-state index is 0.0482. The first-order chi connectivity index (χ1) is 8.13. The highest BCUT2D eigenvalue weighted by molar-refractivity contribution is 9.10.